The molecule has 7 heavy (non-hydrogen) atoms. The van der Waals surface area contributed by atoms with E-state index in [-0.39, 0.29) is 21.1 Å². The Hall–Kier alpha value is 0.428. The smallest absolute Gasteiger partial charge is 0 e. The Kier molecular flexibility index (Phi) is 9.57. The molecule has 0 spiro atoms. The van der Waals surface area contributed by atoms with Gasteiger partial charge in [-0.2, -0.15) is 6.92 Å². The molecule has 0 nitrogen and oxygen atoms in total. The SMILES string of the molecule is C[C-]=C(C)CC.[W]. The molecule has 0 aliphatic heterocycles. The van der Waals surface area contributed by atoms with Crippen LogP contribution in [-0.4, -0.2) is 0 Å². The monoisotopic (exact) mass is 267 g/mol. The van der Waals surface area contributed by atoms with Crippen molar-refractivity contribution in [2.45, 2.75) is 27.2 Å². The van der Waals surface area contributed by atoms with E-state index in [1.807, 2.05) is 6.92 Å². The predicted octanol–water partition coefficient (Wildman–Crippen LogP) is 2.16. The first-order valence-electron chi connectivity index (χ1n) is 2.31. The number of rotatable bonds is 1. The van der Waals surface area contributed by atoms with Crippen LogP contribution in [0.1, 0.15) is 27.2 Å². The molecule has 0 bridgehead atoms. The van der Waals surface area contributed by atoms with Crippen molar-refractivity contribution in [1.29, 1.82) is 0 Å². The van der Waals surface area contributed by atoms with Crippen LogP contribution in [0.2, 0.25) is 0 Å². The van der Waals surface area contributed by atoms with Gasteiger partial charge in [0.1, 0.15) is 0 Å². The van der Waals surface area contributed by atoms with E-state index in [4.69, 9.17) is 0 Å². The molecular weight excluding hydrogens is 256 g/mol. The normalized spacial score (nSPS) is 10.4. The molecule has 0 radical (unpaired) electrons. The summed E-state index contributed by atoms with van der Waals surface area (Å²) in [7, 11) is 0. The third-order valence-corrected chi connectivity index (χ3v) is 0.957. The van der Waals surface area contributed by atoms with Crippen LogP contribution in [0.15, 0.2) is 5.57 Å². The number of allylic oxidation sites excluding steroid dienone is 2. The number of hydrogen-bond acceptors (Lipinski definition) is 0. The third kappa shape index (κ3) is 6.43. The molecule has 0 amide bonds. The summed E-state index contributed by atoms with van der Waals surface area (Å²) in [5.41, 5.74) is 1.34. The van der Waals surface area contributed by atoms with Crippen molar-refractivity contribution >= 4 is 0 Å². The van der Waals surface area contributed by atoms with E-state index in [1.165, 1.54) is 5.57 Å². The Labute approximate surface area is 60.3 Å². The van der Waals surface area contributed by atoms with Crippen LogP contribution in [0, 0.1) is 6.08 Å². The summed E-state index contributed by atoms with van der Waals surface area (Å²) in [5, 5.41) is 0. The van der Waals surface area contributed by atoms with Crippen molar-refractivity contribution < 1.29 is 21.1 Å². The summed E-state index contributed by atoms with van der Waals surface area (Å²) in [6.07, 6.45) is 4.17. The molecule has 0 fully saturated rings. The molecular formula is C6H11W-. The second kappa shape index (κ2) is 6.43. The molecule has 0 N–H and O–H groups in total. The Morgan fingerprint density at radius 3 is 2.00 bits per heavy atom. The quantitative estimate of drug-likeness (QED) is 0.639. The van der Waals surface area contributed by atoms with Crippen LogP contribution < -0.4 is 0 Å². The van der Waals surface area contributed by atoms with E-state index < -0.39 is 0 Å². The van der Waals surface area contributed by atoms with Gasteiger partial charge >= 0.3 is 0 Å². The van der Waals surface area contributed by atoms with Crippen molar-refractivity contribution in [3.05, 3.63) is 11.6 Å². The average Bonchev–Trinajstić information content (AvgIpc) is 1.65. The second-order valence-corrected chi connectivity index (χ2v) is 1.38. The van der Waals surface area contributed by atoms with Crippen LogP contribution >= 0.6 is 0 Å². The van der Waals surface area contributed by atoms with Gasteiger partial charge in [0.15, 0.2) is 0 Å². The van der Waals surface area contributed by atoms with E-state index >= 15 is 0 Å². The molecule has 0 atom stereocenters. The fourth-order valence-electron chi connectivity index (χ4n) is 0.177. The molecule has 0 aliphatic carbocycles. The van der Waals surface area contributed by atoms with E-state index in [9.17, 15) is 0 Å². The molecule has 0 heterocycles. The zero-order valence-electron chi connectivity index (χ0n) is 5.12. The van der Waals surface area contributed by atoms with Gasteiger partial charge in [-0.05, 0) is 0 Å². The summed E-state index contributed by atoms with van der Waals surface area (Å²) in [6.45, 7) is 6.16. The van der Waals surface area contributed by atoms with Crippen LogP contribution in [0.5, 0.6) is 0 Å². The first-order chi connectivity index (χ1) is 2.81. The molecule has 0 saturated carbocycles. The Morgan fingerprint density at radius 1 is 1.57 bits per heavy atom. The van der Waals surface area contributed by atoms with Crippen LogP contribution in [0.3, 0.4) is 0 Å². The van der Waals surface area contributed by atoms with Gasteiger partial charge in [-0.3, -0.25) is 5.57 Å². The maximum Gasteiger partial charge on any atom is 0 e. The van der Waals surface area contributed by atoms with Crippen molar-refractivity contribution in [2.75, 3.05) is 0 Å². The van der Waals surface area contributed by atoms with Crippen molar-refractivity contribution in [1.82, 2.24) is 0 Å². The maximum atomic E-state index is 3.03. The van der Waals surface area contributed by atoms with E-state index in [0.717, 1.165) is 6.42 Å². The summed E-state index contributed by atoms with van der Waals surface area (Å²) in [4.78, 5) is 0. The van der Waals surface area contributed by atoms with Crippen LogP contribution in [0.25, 0.3) is 0 Å². The van der Waals surface area contributed by atoms with Gasteiger partial charge in [0, 0.05) is 21.1 Å². The summed E-state index contributed by atoms with van der Waals surface area (Å²) in [5.74, 6) is 0. The molecule has 42 valence electrons. The van der Waals surface area contributed by atoms with E-state index in [2.05, 4.69) is 19.9 Å². The predicted molar refractivity (Wildman–Crippen MR) is 28.4 cm³/mol. The Balaban J connectivity index is 0. The molecule has 0 aromatic heterocycles. The van der Waals surface area contributed by atoms with Crippen molar-refractivity contribution in [2.24, 2.45) is 0 Å². The molecule has 0 unspecified atom stereocenters. The fraction of sp³-hybridized carbons (Fsp3) is 0.667. The topological polar surface area (TPSA) is 0 Å². The van der Waals surface area contributed by atoms with Gasteiger partial charge in [0.2, 0.25) is 0 Å². The van der Waals surface area contributed by atoms with Gasteiger partial charge in [0.25, 0.3) is 0 Å². The Morgan fingerprint density at radius 2 is 2.00 bits per heavy atom. The maximum absolute atomic E-state index is 3.03. The Bertz CT molecular complexity index is 55.2. The zero-order valence-corrected chi connectivity index (χ0v) is 8.05. The zero-order chi connectivity index (χ0) is 4.99. The molecule has 0 aliphatic rings. The molecule has 0 saturated heterocycles. The largest absolute Gasteiger partial charge is 0.501 e. The van der Waals surface area contributed by atoms with Gasteiger partial charge < -0.3 is 6.08 Å². The molecule has 0 aromatic rings. The third-order valence-electron chi connectivity index (χ3n) is 0.957. The van der Waals surface area contributed by atoms with Gasteiger partial charge in [-0.25, -0.2) is 0 Å². The van der Waals surface area contributed by atoms with E-state index in [1.54, 1.807) is 0 Å². The molecule has 1 heteroatoms. The summed E-state index contributed by atoms with van der Waals surface area (Å²) < 4.78 is 0. The minimum absolute atomic E-state index is 0. The minimum Gasteiger partial charge on any atom is -0.501 e. The second-order valence-electron chi connectivity index (χ2n) is 1.38. The first kappa shape index (κ1) is 10.4. The van der Waals surface area contributed by atoms with Crippen molar-refractivity contribution in [3.63, 3.8) is 0 Å². The average molecular weight is 267 g/mol. The summed E-state index contributed by atoms with van der Waals surface area (Å²) in [6, 6.07) is 0. The van der Waals surface area contributed by atoms with Gasteiger partial charge in [-0.15, -0.1) is 0 Å². The number of hydrogen-bond donors (Lipinski definition) is 0. The van der Waals surface area contributed by atoms with Crippen LogP contribution in [-0.2, 0) is 21.1 Å². The van der Waals surface area contributed by atoms with E-state index in [0.29, 0.717) is 0 Å². The molecule has 0 aromatic carbocycles. The van der Waals surface area contributed by atoms with Crippen LogP contribution in [0.4, 0.5) is 0 Å². The summed E-state index contributed by atoms with van der Waals surface area (Å²) >= 11 is 0. The first-order valence-corrected chi connectivity index (χ1v) is 2.31. The molecule has 0 rings (SSSR count). The standard InChI is InChI=1S/C6H11.W/c1-4-6(3)5-2;/h4H2,1-3H3;/q-1;. The van der Waals surface area contributed by atoms with Gasteiger partial charge in [0.05, 0.1) is 0 Å². The minimum atomic E-state index is 0. The van der Waals surface area contributed by atoms with Crippen molar-refractivity contribution in [3.8, 4) is 0 Å². The van der Waals surface area contributed by atoms with Gasteiger partial charge in [-0.1, -0.05) is 20.3 Å². The fourth-order valence-corrected chi connectivity index (χ4v) is 0.177.